The van der Waals surface area contributed by atoms with Gasteiger partial charge in [0, 0.05) is 31.5 Å². The maximum atomic E-state index is 6.47. The number of hydrogen-bond acceptors (Lipinski definition) is 4. The zero-order chi connectivity index (χ0) is 34.0. The molecule has 0 bridgehead atoms. The molecule has 2 aliphatic rings. The van der Waals surface area contributed by atoms with Gasteiger partial charge in [0.1, 0.15) is 16.8 Å². The summed E-state index contributed by atoms with van der Waals surface area (Å²) >= 11 is 1.86. The van der Waals surface area contributed by atoms with E-state index in [9.17, 15) is 0 Å². The van der Waals surface area contributed by atoms with Crippen LogP contribution in [0.3, 0.4) is 0 Å². The molecule has 0 saturated carbocycles. The van der Waals surface area contributed by atoms with Gasteiger partial charge < -0.3 is 4.42 Å². The van der Waals surface area contributed by atoms with Gasteiger partial charge in [-0.2, -0.15) is 0 Å². The van der Waals surface area contributed by atoms with Crippen LogP contribution in [-0.4, -0.2) is 14.5 Å². The van der Waals surface area contributed by atoms with Crippen molar-refractivity contribution in [3.05, 3.63) is 186 Å². The normalized spacial score (nSPS) is 13.8. The molecule has 7 aromatic carbocycles. The molecule has 12 rings (SSSR count). The number of nitrogens with zero attached hydrogens (tertiary/aromatic N) is 3. The van der Waals surface area contributed by atoms with Crippen LogP contribution in [0.25, 0.3) is 72.2 Å². The van der Waals surface area contributed by atoms with E-state index in [0.29, 0.717) is 11.5 Å². The van der Waals surface area contributed by atoms with E-state index in [0.717, 1.165) is 38.8 Å². The molecule has 0 fully saturated rings. The molecule has 5 heteroatoms. The summed E-state index contributed by atoms with van der Waals surface area (Å²) < 4.78 is 8.72. The molecule has 10 aromatic rings. The molecular formula is C47H27N3OS. The standard InChI is InChI=1S/C47H27N3OS/c1-2-14-28(15-3-1)43-45-44(32-19-7-12-24-40(32)51-45)49-46(48-43)50-38-23-11-6-18-31(38)33-26-37-42(27-39(33)50)52-41-25-13-10-22-36(41)47(37)34-20-8-4-16-29(34)30-17-5-9-21-35(30)47/h1-27H. The van der Waals surface area contributed by atoms with E-state index in [2.05, 4.69) is 132 Å². The van der Waals surface area contributed by atoms with E-state index in [4.69, 9.17) is 14.4 Å². The lowest BCUT2D eigenvalue weighted by Crippen LogP contribution is -2.32. The SMILES string of the molecule is c1ccc(-c2nc(-n3c4ccccc4c4cc5c(cc43)Sc3ccccc3C53c4ccccc4-c4ccccc43)nc3c2oc2ccccc23)cc1. The molecule has 0 N–H and O–H groups in total. The molecule has 0 atom stereocenters. The second-order valence-electron chi connectivity index (χ2n) is 13.7. The van der Waals surface area contributed by atoms with Crippen LogP contribution in [0.15, 0.2) is 178 Å². The summed E-state index contributed by atoms with van der Waals surface area (Å²) in [6, 6.07) is 58.9. The Morgan fingerprint density at radius 1 is 0.500 bits per heavy atom. The van der Waals surface area contributed by atoms with Crippen LogP contribution in [0, 0.1) is 0 Å². The molecule has 242 valence electrons. The Labute approximate surface area is 303 Å². The topological polar surface area (TPSA) is 43.9 Å². The van der Waals surface area contributed by atoms with E-state index < -0.39 is 5.41 Å². The first-order chi connectivity index (χ1) is 25.8. The van der Waals surface area contributed by atoms with Crippen molar-refractivity contribution in [2.45, 2.75) is 15.2 Å². The Morgan fingerprint density at radius 2 is 1.15 bits per heavy atom. The van der Waals surface area contributed by atoms with Crippen molar-refractivity contribution in [3.63, 3.8) is 0 Å². The molecule has 1 aliphatic heterocycles. The Morgan fingerprint density at radius 3 is 1.96 bits per heavy atom. The van der Waals surface area contributed by atoms with Crippen molar-refractivity contribution in [2.24, 2.45) is 0 Å². The van der Waals surface area contributed by atoms with E-state index in [1.807, 2.05) is 48.2 Å². The van der Waals surface area contributed by atoms with E-state index in [1.54, 1.807) is 0 Å². The van der Waals surface area contributed by atoms with E-state index in [-0.39, 0.29) is 0 Å². The van der Waals surface area contributed by atoms with Crippen molar-refractivity contribution >= 4 is 55.6 Å². The van der Waals surface area contributed by atoms with Gasteiger partial charge in [0.25, 0.3) is 0 Å². The summed E-state index contributed by atoms with van der Waals surface area (Å²) in [4.78, 5) is 13.2. The van der Waals surface area contributed by atoms with Crippen molar-refractivity contribution in [3.8, 4) is 28.3 Å². The minimum Gasteiger partial charge on any atom is -0.452 e. The first-order valence-corrected chi connectivity index (χ1v) is 18.4. The summed E-state index contributed by atoms with van der Waals surface area (Å²) in [6.45, 7) is 0. The summed E-state index contributed by atoms with van der Waals surface area (Å²) in [5, 5.41) is 3.32. The van der Waals surface area contributed by atoms with E-state index in [1.165, 1.54) is 53.9 Å². The Kier molecular flexibility index (Phi) is 5.61. The van der Waals surface area contributed by atoms with Crippen LogP contribution in [-0.2, 0) is 5.41 Å². The third kappa shape index (κ3) is 3.58. The lowest BCUT2D eigenvalue weighted by atomic mass is 9.67. The average molecular weight is 682 g/mol. The van der Waals surface area contributed by atoms with E-state index >= 15 is 0 Å². The largest absolute Gasteiger partial charge is 0.452 e. The fourth-order valence-corrected chi connectivity index (χ4v) is 10.2. The first kappa shape index (κ1) is 28.3. The van der Waals surface area contributed by atoms with Gasteiger partial charge in [-0.3, -0.25) is 4.57 Å². The quantitative estimate of drug-likeness (QED) is 0.182. The Balaban J connectivity index is 1.21. The molecule has 4 heterocycles. The zero-order valence-corrected chi connectivity index (χ0v) is 28.6. The van der Waals surface area contributed by atoms with Gasteiger partial charge in [0.2, 0.25) is 5.95 Å². The van der Waals surface area contributed by atoms with Crippen LogP contribution < -0.4 is 0 Å². The fraction of sp³-hybridized carbons (Fsp3) is 0.0213. The van der Waals surface area contributed by atoms with Crippen LogP contribution >= 0.6 is 11.8 Å². The molecule has 1 spiro atoms. The van der Waals surface area contributed by atoms with Crippen LogP contribution in [0.4, 0.5) is 0 Å². The van der Waals surface area contributed by atoms with Crippen molar-refractivity contribution in [1.29, 1.82) is 0 Å². The van der Waals surface area contributed by atoms with Gasteiger partial charge in [0.15, 0.2) is 5.58 Å². The summed E-state index contributed by atoms with van der Waals surface area (Å²) in [5.74, 6) is 0.622. The smallest absolute Gasteiger partial charge is 0.236 e. The highest BCUT2D eigenvalue weighted by Gasteiger charge is 2.50. The molecule has 4 nitrogen and oxygen atoms in total. The number of furan rings is 1. The fourth-order valence-electron chi connectivity index (χ4n) is 9.00. The molecule has 0 saturated heterocycles. The van der Waals surface area contributed by atoms with Gasteiger partial charge in [-0.25, -0.2) is 9.97 Å². The number of rotatable bonds is 2. The Hall–Kier alpha value is -6.43. The van der Waals surface area contributed by atoms with Crippen molar-refractivity contribution in [1.82, 2.24) is 14.5 Å². The number of aromatic nitrogens is 3. The molecule has 0 radical (unpaired) electrons. The minimum absolute atomic E-state index is 0.451. The lowest BCUT2D eigenvalue weighted by Gasteiger charge is -2.39. The van der Waals surface area contributed by atoms with Gasteiger partial charge in [-0.1, -0.05) is 139 Å². The highest BCUT2D eigenvalue weighted by molar-refractivity contribution is 7.99. The number of hydrogen-bond donors (Lipinski definition) is 0. The molecule has 3 aromatic heterocycles. The van der Waals surface area contributed by atoms with Gasteiger partial charge in [0.05, 0.1) is 16.4 Å². The number of benzene rings is 7. The number of para-hydroxylation sites is 2. The molecule has 0 amide bonds. The maximum absolute atomic E-state index is 6.47. The van der Waals surface area contributed by atoms with Gasteiger partial charge in [-0.05, 0) is 69.8 Å². The summed E-state index contributed by atoms with van der Waals surface area (Å²) in [7, 11) is 0. The summed E-state index contributed by atoms with van der Waals surface area (Å²) in [5.41, 5.74) is 13.7. The van der Waals surface area contributed by atoms with Crippen molar-refractivity contribution < 1.29 is 4.42 Å². The average Bonchev–Trinajstić information content (AvgIpc) is 3.84. The van der Waals surface area contributed by atoms with Crippen molar-refractivity contribution in [2.75, 3.05) is 0 Å². The van der Waals surface area contributed by atoms with Crippen LogP contribution in [0.2, 0.25) is 0 Å². The predicted octanol–water partition coefficient (Wildman–Crippen LogP) is 12.0. The minimum atomic E-state index is -0.451. The second-order valence-corrected chi connectivity index (χ2v) is 14.8. The van der Waals surface area contributed by atoms with Gasteiger partial charge >= 0.3 is 0 Å². The molecule has 52 heavy (non-hydrogen) atoms. The highest BCUT2D eigenvalue weighted by atomic mass is 32.2. The third-order valence-corrected chi connectivity index (χ3v) is 12.2. The lowest BCUT2D eigenvalue weighted by molar-refractivity contribution is 0.666. The van der Waals surface area contributed by atoms with Crippen LogP contribution in [0.5, 0.6) is 0 Å². The second kappa shape index (κ2) is 10.3. The summed E-state index contributed by atoms with van der Waals surface area (Å²) in [6.07, 6.45) is 0. The monoisotopic (exact) mass is 681 g/mol. The third-order valence-electron chi connectivity index (χ3n) is 11.1. The molecule has 0 unspecified atom stereocenters. The molecule has 1 aliphatic carbocycles. The number of fused-ring (bicyclic) bond motifs is 15. The van der Waals surface area contributed by atoms with Crippen LogP contribution in [0.1, 0.15) is 22.3 Å². The first-order valence-electron chi connectivity index (χ1n) is 17.6. The predicted molar refractivity (Wildman–Crippen MR) is 211 cm³/mol. The molecular weight excluding hydrogens is 655 g/mol. The van der Waals surface area contributed by atoms with Gasteiger partial charge in [-0.15, -0.1) is 0 Å². The maximum Gasteiger partial charge on any atom is 0.236 e. The zero-order valence-electron chi connectivity index (χ0n) is 27.7. The Bertz CT molecular complexity index is 3070. The highest BCUT2D eigenvalue weighted by Crippen LogP contribution is 2.62.